The van der Waals surface area contributed by atoms with Gasteiger partial charge in [0.1, 0.15) is 5.15 Å². The van der Waals surface area contributed by atoms with Crippen LogP contribution >= 0.6 is 11.6 Å². The number of nitrogens with one attached hydrogen (secondary N) is 1. The SMILES string of the molecule is Cn1nccc1-c1c[nH]c(Cl)cc1=O. The first kappa shape index (κ1) is 9.02. The van der Waals surface area contributed by atoms with Crippen molar-refractivity contribution in [3.8, 4) is 11.3 Å². The average Bonchev–Trinajstić information content (AvgIpc) is 2.52. The Hall–Kier alpha value is -1.55. The van der Waals surface area contributed by atoms with Crippen molar-refractivity contribution in [1.82, 2.24) is 14.8 Å². The van der Waals surface area contributed by atoms with E-state index in [2.05, 4.69) is 10.1 Å². The van der Waals surface area contributed by atoms with Gasteiger partial charge in [0.15, 0.2) is 5.43 Å². The third-order valence-corrected chi connectivity index (χ3v) is 2.19. The van der Waals surface area contributed by atoms with Crippen LogP contribution in [-0.2, 0) is 7.05 Å². The van der Waals surface area contributed by atoms with Crippen LogP contribution in [0.3, 0.4) is 0 Å². The average molecular weight is 210 g/mol. The van der Waals surface area contributed by atoms with Gasteiger partial charge in [-0.15, -0.1) is 0 Å². The van der Waals surface area contributed by atoms with Crippen molar-refractivity contribution in [2.75, 3.05) is 0 Å². The summed E-state index contributed by atoms with van der Waals surface area (Å²) in [6.45, 7) is 0. The van der Waals surface area contributed by atoms with Crippen LogP contribution in [0.2, 0.25) is 5.15 Å². The van der Waals surface area contributed by atoms with Gasteiger partial charge in [-0.1, -0.05) is 11.6 Å². The fourth-order valence-electron chi connectivity index (χ4n) is 1.29. The molecule has 2 aromatic rings. The molecule has 72 valence electrons. The zero-order valence-electron chi connectivity index (χ0n) is 7.49. The summed E-state index contributed by atoms with van der Waals surface area (Å²) in [6, 6.07) is 3.13. The second-order valence-electron chi connectivity index (χ2n) is 2.90. The summed E-state index contributed by atoms with van der Waals surface area (Å²) in [5.41, 5.74) is 1.22. The predicted molar refractivity (Wildman–Crippen MR) is 54.3 cm³/mol. The van der Waals surface area contributed by atoms with Crippen LogP contribution in [0, 0.1) is 0 Å². The number of aromatic nitrogens is 3. The maximum Gasteiger partial charge on any atom is 0.192 e. The summed E-state index contributed by atoms with van der Waals surface area (Å²) < 4.78 is 1.64. The van der Waals surface area contributed by atoms with E-state index < -0.39 is 0 Å². The number of aromatic amines is 1. The van der Waals surface area contributed by atoms with E-state index in [4.69, 9.17) is 11.6 Å². The fourth-order valence-corrected chi connectivity index (χ4v) is 1.44. The Labute approximate surface area is 85.1 Å². The van der Waals surface area contributed by atoms with Crippen LogP contribution in [0.4, 0.5) is 0 Å². The molecule has 5 heteroatoms. The third kappa shape index (κ3) is 1.44. The lowest BCUT2D eigenvalue weighted by atomic mass is 10.2. The standard InChI is InChI=1S/C9H8ClN3O/c1-13-7(2-3-12-13)6-5-11-9(10)4-8(6)14/h2-5H,1H3,(H,11,14). The Balaban J connectivity index is 2.64. The number of nitrogens with zero attached hydrogens (tertiary/aromatic N) is 2. The second kappa shape index (κ2) is 3.31. The quantitative estimate of drug-likeness (QED) is 0.723. The molecule has 0 fully saturated rings. The number of pyridine rings is 1. The first-order valence-corrected chi connectivity index (χ1v) is 4.43. The Morgan fingerprint density at radius 3 is 2.93 bits per heavy atom. The highest BCUT2D eigenvalue weighted by atomic mass is 35.5. The molecular formula is C9H8ClN3O. The summed E-state index contributed by atoms with van der Waals surface area (Å²) in [4.78, 5) is 14.3. The van der Waals surface area contributed by atoms with Gasteiger partial charge in [-0.2, -0.15) is 5.10 Å². The number of H-pyrrole nitrogens is 1. The van der Waals surface area contributed by atoms with Crippen LogP contribution in [0.25, 0.3) is 11.3 Å². The van der Waals surface area contributed by atoms with Gasteiger partial charge in [0, 0.05) is 25.5 Å². The van der Waals surface area contributed by atoms with Crippen molar-refractivity contribution in [2.45, 2.75) is 0 Å². The van der Waals surface area contributed by atoms with Crippen molar-refractivity contribution in [3.05, 3.63) is 39.9 Å². The summed E-state index contributed by atoms with van der Waals surface area (Å²) in [5.74, 6) is 0. The molecule has 0 aliphatic heterocycles. The maximum atomic E-state index is 11.5. The lowest BCUT2D eigenvalue weighted by molar-refractivity contribution is 0.775. The second-order valence-corrected chi connectivity index (χ2v) is 3.31. The van der Waals surface area contributed by atoms with Gasteiger partial charge in [0.25, 0.3) is 0 Å². The van der Waals surface area contributed by atoms with E-state index in [9.17, 15) is 4.79 Å². The first-order valence-electron chi connectivity index (χ1n) is 4.05. The highest BCUT2D eigenvalue weighted by Crippen LogP contribution is 2.13. The van der Waals surface area contributed by atoms with E-state index in [0.29, 0.717) is 10.7 Å². The number of aryl methyl sites for hydroxylation is 1. The molecule has 4 nitrogen and oxygen atoms in total. The molecule has 0 aromatic carbocycles. The molecule has 0 aliphatic carbocycles. The van der Waals surface area contributed by atoms with Gasteiger partial charge in [0.05, 0.1) is 11.3 Å². The summed E-state index contributed by atoms with van der Waals surface area (Å²) in [6.07, 6.45) is 3.23. The van der Waals surface area contributed by atoms with Crippen LogP contribution < -0.4 is 5.43 Å². The van der Waals surface area contributed by atoms with Gasteiger partial charge in [-0.3, -0.25) is 9.48 Å². The van der Waals surface area contributed by atoms with Gasteiger partial charge in [0.2, 0.25) is 0 Å². The molecule has 0 amide bonds. The van der Waals surface area contributed by atoms with Crippen LogP contribution in [0.1, 0.15) is 0 Å². The van der Waals surface area contributed by atoms with Crippen LogP contribution in [0.15, 0.2) is 29.3 Å². The molecule has 0 radical (unpaired) electrons. The van der Waals surface area contributed by atoms with E-state index in [-0.39, 0.29) is 5.43 Å². The molecule has 2 aromatic heterocycles. The zero-order valence-corrected chi connectivity index (χ0v) is 8.25. The van der Waals surface area contributed by atoms with E-state index >= 15 is 0 Å². The number of rotatable bonds is 1. The Bertz CT molecular complexity index is 515. The normalized spacial score (nSPS) is 10.4. The largest absolute Gasteiger partial charge is 0.352 e. The summed E-state index contributed by atoms with van der Waals surface area (Å²) >= 11 is 5.64. The van der Waals surface area contributed by atoms with Crippen molar-refractivity contribution >= 4 is 11.6 Å². The fraction of sp³-hybridized carbons (Fsp3) is 0.111. The van der Waals surface area contributed by atoms with Crippen molar-refractivity contribution < 1.29 is 0 Å². The topological polar surface area (TPSA) is 50.7 Å². The molecule has 0 aliphatic rings. The molecule has 2 rings (SSSR count). The Kier molecular flexibility index (Phi) is 2.13. The molecule has 2 heterocycles. The molecule has 0 atom stereocenters. The lowest BCUT2D eigenvalue weighted by Gasteiger charge is -2.00. The van der Waals surface area contributed by atoms with Crippen LogP contribution in [-0.4, -0.2) is 14.8 Å². The first-order chi connectivity index (χ1) is 6.68. The minimum atomic E-state index is -0.114. The predicted octanol–water partition coefficient (Wildman–Crippen LogP) is 1.43. The Morgan fingerprint density at radius 2 is 2.36 bits per heavy atom. The molecule has 0 spiro atoms. The van der Waals surface area contributed by atoms with E-state index in [0.717, 1.165) is 5.69 Å². The number of halogens is 1. The summed E-state index contributed by atoms with van der Waals surface area (Å²) in [5, 5.41) is 4.32. The van der Waals surface area contributed by atoms with Gasteiger partial charge < -0.3 is 4.98 Å². The Morgan fingerprint density at radius 1 is 1.57 bits per heavy atom. The van der Waals surface area contributed by atoms with Gasteiger partial charge in [-0.05, 0) is 6.07 Å². The zero-order chi connectivity index (χ0) is 10.1. The lowest BCUT2D eigenvalue weighted by Crippen LogP contribution is -2.06. The van der Waals surface area contributed by atoms with Gasteiger partial charge >= 0.3 is 0 Å². The van der Waals surface area contributed by atoms with E-state index in [1.54, 1.807) is 30.2 Å². The number of hydrogen-bond donors (Lipinski definition) is 1. The third-order valence-electron chi connectivity index (χ3n) is 1.97. The molecule has 0 saturated heterocycles. The van der Waals surface area contributed by atoms with Crippen molar-refractivity contribution in [3.63, 3.8) is 0 Å². The number of hydrogen-bond acceptors (Lipinski definition) is 2. The molecule has 1 N–H and O–H groups in total. The van der Waals surface area contributed by atoms with E-state index in [1.165, 1.54) is 6.07 Å². The van der Waals surface area contributed by atoms with Crippen molar-refractivity contribution in [1.29, 1.82) is 0 Å². The molecule has 0 unspecified atom stereocenters. The monoisotopic (exact) mass is 209 g/mol. The van der Waals surface area contributed by atoms with Gasteiger partial charge in [-0.25, -0.2) is 0 Å². The maximum absolute atomic E-state index is 11.5. The molecule has 0 saturated carbocycles. The smallest absolute Gasteiger partial charge is 0.192 e. The molecule has 14 heavy (non-hydrogen) atoms. The summed E-state index contributed by atoms with van der Waals surface area (Å²) in [7, 11) is 1.78. The minimum absolute atomic E-state index is 0.114. The van der Waals surface area contributed by atoms with Crippen LogP contribution in [0.5, 0.6) is 0 Å². The highest BCUT2D eigenvalue weighted by molar-refractivity contribution is 6.29. The molecular weight excluding hydrogens is 202 g/mol. The highest BCUT2D eigenvalue weighted by Gasteiger charge is 2.06. The van der Waals surface area contributed by atoms with Crippen molar-refractivity contribution in [2.24, 2.45) is 7.05 Å². The van der Waals surface area contributed by atoms with E-state index in [1.807, 2.05) is 0 Å². The molecule has 0 bridgehead atoms. The minimum Gasteiger partial charge on any atom is -0.352 e.